The number of likely N-dealkylation sites (N-methyl/N-ethyl adjacent to an activating group) is 1. The first-order valence-electron chi connectivity index (χ1n) is 14.2. The molecule has 0 aromatic heterocycles. The van der Waals surface area contributed by atoms with Gasteiger partial charge in [-0.05, 0) is 69.8 Å². The highest BCUT2D eigenvalue weighted by atomic mass is 16.2. The summed E-state index contributed by atoms with van der Waals surface area (Å²) in [6, 6.07) is 19.6. The highest BCUT2D eigenvalue weighted by Crippen LogP contribution is 2.29. The Labute approximate surface area is 218 Å². The average molecular weight is 491 g/mol. The van der Waals surface area contributed by atoms with Crippen LogP contribution in [-0.4, -0.2) is 61.1 Å². The van der Waals surface area contributed by atoms with Crippen molar-refractivity contribution < 1.29 is 4.79 Å². The van der Waals surface area contributed by atoms with Crippen LogP contribution in [0.15, 0.2) is 54.6 Å². The van der Waals surface area contributed by atoms with Gasteiger partial charge in [-0.1, -0.05) is 80.1 Å². The molecule has 2 amide bonds. The molecule has 196 valence electrons. The zero-order chi connectivity index (χ0) is 25.2. The van der Waals surface area contributed by atoms with E-state index in [2.05, 4.69) is 58.7 Å². The number of benzene rings is 2. The molecule has 0 bridgehead atoms. The van der Waals surface area contributed by atoms with Crippen LogP contribution in [-0.2, 0) is 6.42 Å². The minimum absolute atomic E-state index is 0.108. The molecule has 2 aromatic carbocycles. The van der Waals surface area contributed by atoms with Gasteiger partial charge in [0.25, 0.3) is 0 Å². The molecule has 1 aliphatic carbocycles. The van der Waals surface area contributed by atoms with Gasteiger partial charge in [0.2, 0.25) is 0 Å². The van der Waals surface area contributed by atoms with Crippen LogP contribution in [0.4, 0.5) is 10.5 Å². The second-order valence-corrected chi connectivity index (χ2v) is 11.1. The normalized spacial score (nSPS) is 19.9. The topological polar surface area (TPSA) is 47.6 Å². The lowest BCUT2D eigenvalue weighted by atomic mass is 9.84. The molecule has 1 aliphatic heterocycles. The monoisotopic (exact) mass is 490 g/mol. The van der Waals surface area contributed by atoms with E-state index in [0.717, 1.165) is 31.1 Å². The number of para-hydroxylation sites is 1. The largest absolute Gasteiger partial charge is 0.336 e. The van der Waals surface area contributed by atoms with E-state index in [9.17, 15) is 4.79 Å². The van der Waals surface area contributed by atoms with Crippen molar-refractivity contribution in [2.45, 2.75) is 76.8 Å². The summed E-state index contributed by atoms with van der Waals surface area (Å²) in [5, 5.41) is 6.16. The van der Waals surface area contributed by atoms with Gasteiger partial charge in [-0.3, -0.25) is 4.90 Å². The third-order valence-electron chi connectivity index (χ3n) is 8.29. The van der Waals surface area contributed by atoms with Gasteiger partial charge in [0, 0.05) is 37.4 Å². The van der Waals surface area contributed by atoms with Crippen molar-refractivity contribution in [2.24, 2.45) is 5.92 Å². The fourth-order valence-corrected chi connectivity index (χ4v) is 6.04. The minimum atomic E-state index is -0.108. The highest BCUT2D eigenvalue weighted by Gasteiger charge is 2.29. The third kappa shape index (κ3) is 8.35. The van der Waals surface area contributed by atoms with Gasteiger partial charge < -0.3 is 15.5 Å². The van der Waals surface area contributed by atoms with E-state index in [1.807, 2.05) is 30.3 Å². The van der Waals surface area contributed by atoms with E-state index in [1.54, 1.807) is 0 Å². The van der Waals surface area contributed by atoms with Crippen molar-refractivity contribution >= 4 is 11.7 Å². The Bertz CT molecular complexity index is 910. The standard InChI is InChI=1S/C31H46N4O/c1-25-15-17-26(18-16-25)19-21-35-20-9-14-29(35)24-34(2)30(22-27-10-5-3-6-11-27)23-32-31(36)33-28-12-7-4-8-13-28/h4,7-8,12-13,15-18,27,29-30H,3,5-6,9-11,14,19-24H2,1-2H3,(H2,32,33,36)/t29-,30+/m0/s1. The zero-order valence-corrected chi connectivity index (χ0v) is 22.4. The molecule has 5 heteroatoms. The number of urea groups is 1. The maximum Gasteiger partial charge on any atom is 0.319 e. The Morgan fingerprint density at radius 2 is 1.75 bits per heavy atom. The summed E-state index contributed by atoms with van der Waals surface area (Å²) < 4.78 is 0. The smallest absolute Gasteiger partial charge is 0.319 e. The summed E-state index contributed by atoms with van der Waals surface area (Å²) in [5.41, 5.74) is 3.60. The molecule has 2 fully saturated rings. The van der Waals surface area contributed by atoms with Crippen LogP contribution >= 0.6 is 0 Å². The van der Waals surface area contributed by atoms with Crippen LogP contribution in [0.1, 0.15) is 62.5 Å². The second-order valence-electron chi connectivity index (χ2n) is 11.1. The summed E-state index contributed by atoms with van der Waals surface area (Å²) in [5.74, 6) is 0.784. The third-order valence-corrected chi connectivity index (χ3v) is 8.29. The molecule has 2 atom stereocenters. The van der Waals surface area contributed by atoms with Crippen LogP contribution < -0.4 is 10.6 Å². The van der Waals surface area contributed by atoms with Gasteiger partial charge >= 0.3 is 6.03 Å². The molecule has 5 nitrogen and oxygen atoms in total. The van der Waals surface area contributed by atoms with Crippen molar-refractivity contribution in [1.29, 1.82) is 0 Å². The lowest BCUT2D eigenvalue weighted by Crippen LogP contribution is -2.48. The summed E-state index contributed by atoms with van der Waals surface area (Å²) >= 11 is 0. The van der Waals surface area contributed by atoms with Crippen LogP contribution in [0.2, 0.25) is 0 Å². The molecule has 4 rings (SSSR count). The fourth-order valence-electron chi connectivity index (χ4n) is 6.04. The van der Waals surface area contributed by atoms with E-state index in [1.165, 1.54) is 69.0 Å². The van der Waals surface area contributed by atoms with Gasteiger partial charge in [-0.25, -0.2) is 4.79 Å². The van der Waals surface area contributed by atoms with Crippen molar-refractivity contribution in [1.82, 2.24) is 15.1 Å². The molecule has 36 heavy (non-hydrogen) atoms. The quantitative estimate of drug-likeness (QED) is 0.400. The zero-order valence-electron chi connectivity index (χ0n) is 22.4. The number of nitrogens with one attached hydrogen (secondary N) is 2. The lowest BCUT2D eigenvalue weighted by molar-refractivity contribution is 0.136. The summed E-state index contributed by atoms with van der Waals surface area (Å²) in [6.45, 7) is 6.26. The SMILES string of the molecule is Cc1ccc(CCN2CCC[C@H]2CN(C)[C@@H](CNC(=O)Nc2ccccc2)CC2CCCCC2)cc1. The van der Waals surface area contributed by atoms with Crippen molar-refractivity contribution in [3.05, 3.63) is 65.7 Å². The van der Waals surface area contributed by atoms with E-state index in [-0.39, 0.29) is 6.03 Å². The number of hydrogen-bond donors (Lipinski definition) is 2. The Balaban J connectivity index is 1.31. The predicted octanol–water partition coefficient (Wildman–Crippen LogP) is 6.09. The molecule has 2 aromatic rings. The van der Waals surface area contributed by atoms with Gasteiger partial charge in [-0.15, -0.1) is 0 Å². The number of nitrogens with zero attached hydrogens (tertiary/aromatic N) is 2. The minimum Gasteiger partial charge on any atom is -0.336 e. The van der Waals surface area contributed by atoms with Crippen LogP contribution in [0.3, 0.4) is 0 Å². The Morgan fingerprint density at radius 1 is 1.00 bits per heavy atom. The Morgan fingerprint density at radius 3 is 2.50 bits per heavy atom. The number of carbonyl (C=O) groups excluding carboxylic acids is 1. The molecule has 0 unspecified atom stereocenters. The number of carbonyl (C=O) groups is 1. The number of rotatable bonds is 11. The van der Waals surface area contributed by atoms with Gasteiger partial charge in [-0.2, -0.15) is 0 Å². The first-order valence-corrected chi connectivity index (χ1v) is 14.2. The van der Waals surface area contributed by atoms with Crippen molar-refractivity contribution in [3.8, 4) is 0 Å². The Kier molecular flexibility index (Phi) is 10.2. The molecule has 1 saturated heterocycles. The summed E-state index contributed by atoms with van der Waals surface area (Å²) in [7, 11) is 2.28. The number of aryl methyl sites for hydroxylation is 1. The molecule has 1 heterocycles. The van der Waals surface area contributed by atoms with E-state index in [0.29, 0.717) is 18.6 Å². The number of anilines is 1. The van der Waals surface area contributed by atoms with Crippen LogP contribution in [0.5, 0.6) is 0 Å². The summed E-state index contributed by atoms with van der Waals surface area (Å²) in [6.07, 6.45) is 11.6. The van der Waals surface area contributed by atoms with Crippen molar-refractivity contribution in [3.63, 3.8) is 0 Å². The second kappa shape index (κ2) is 13.8. The molecular weight excluding hydrogens is 444 g/mol. The lowest BCUT2D eigenvalue weighted by Gasteiger charge is -2.36. The molecule has 2 N–H and O–H groups in total. The number of amides is 2. The van der Waals surface area contributed by atoms with E-state index in [4.69, 9.17) is 0 Å². The first-order chi connectivity index (χ1) is 17.6. The van der Waals surface area contributed by atoms with Gasteiger partial charge in [0.1, 0.15) is 0 Å². The number of hydrogen-bond acceptors (Lipinski definition) is 3. The molecule has 0 radical (unpaired) electrons. The highest BCUT2D eigenvalue weighted by molar-refractivity contribution is 5.89. The molecule has 0 spiro atoms. The average Bonchev–Trinajstić information content (AvgIpc) is 3.34. The molecule has 1 saturated carbocycles. The molecule has 2 aliphatic rings. The van der Waals surface area contributed by atoms with Gasteiger partial charge in [0.15, 0.2) is 0 Å². The number of likely N-dealkylation sites (tertiary alicyclic amines) is 1. The Hall–Kier alpha value is -2.37. The fraction of sp³-hybridized carbons (Fsp3) is 0.581. The summed E-state index contributed by atoms with van der Waals surface area (Å²) in [4.78, 5) is 17.9. The first kappa shape index (κ1) is 26.7. The van der Waals surface area contributed by atoms with E-state index >= 15 is 0 Å². The predicted molar refractivity (Wildman–Crippen MR) is 151 cm³/mol. The van der Waals surface area contributed by atoms with Crippen LogP contribution in [0, 0.1) is 12.8 Å². The van der Waals surface area contributed by atoms with Crippen molar-refractivity contribution in [2.75, 3.05) is 38.5 Å². The van der Waals surface area contributed by atoms with Gasteiger partial charge in [0.05, 0.1) is 0 Å². The molecular formula is C31H46N4O. The maximum atomic E-state index is 12.6. The maximum absolute atomic E-state index is 12.6. The van der Waals surface area contributed by atoms with Crippen LogP contribution in [0.25, 0.3) is 0 Å². The van der Waals surface area contributed by atoms with E-state index < -0.39 is 0 Å².